The molecule has 19 heavy (non-hydrogen) atoms. The summed E-state index contributed by atoms with van der Waals surface area (Å²) >= 11 is 0. The molecule has 0 spiro atoms. The summed E-state index contributed by atoms with van der Waals surface area (Å²) in [5.74, 6) is -3.18. The number of hydrogen-bond donors (Lipinski definition) is 4. The molecule has 0 aromatic heterocycles. The lowest BCUT2D eigenvalue weighted by atomic mass is 10.2. The summed E-state index contributed by atoms with van der Waals surface area (Å²) in [5.41, 5.74) is 0. The first-order chi connectivity index (χ1) is 8.51. The fraction of sp³-hybridized carbons (Fsp3) is 0.667. The zero-order chi connectivity index (χ0) is 15.2. The summed E-state index contributed by atoms with van der Waals surface area (Å²) in [6.45, 7) is 1.42. The maximum Gasteiger partial charge on any atom is 0.326 e. The van der Waals surface area contributed by atoms with Crippen molar-refractivity contribution < 1.29 is 33.0 Å². The Balaban J connectivity index is 4.42. The van der Waals surface area contributed by atoms with E-state index in [-0.39, 0.29) is 5.75 Å². The second kappa shape index (κ2) is 6.92. The first-order valence-corrected chi connectivity index (χ1v) is 7.26. The van der Waals surface area contributed by atoms with Crippen LogP contribution in [0.4, 0.5) is 4.79 Å². The summed E-state index contributed by atoms with van der Waals surface area (Å²) < 4.78 is 21.9. The number of rotatable bonds is 7. The van der Waals surface area contributed by atoms with Crippen LogP contribution in [0.2, 0.25) is 0 Å². The van der Waals surface area contributed by atoms with Crippen LogP contribution in [0, 0.1) is 0 Å². The van der Waals surface area contributed by atoms with Crippen LogP contribution in [0.1, 0.15) is 13.3 Å². The zero-order valence-electron chi connectivity index (χ0n) is 10.4. The minimum Gasteiger partial charge on any atom is -0.481 e. The highest BCUT2D eigenvalue weighted by molar-refractivity contribution is 7.90. The lowest BCUT2D eigenvalue weighted by Gasteiger charge is -2.16. The summed E-state index contributed by atoms with van der Waals surface area (Å²) in [6, 6.07) is -3.25. The number of hydrogen-bond acceptors (Lipinski definition) is 5. The first kappa shape index (κ1) is 17.2. The average molecular weight is 296 g/mol. The van der Waals surface area contributed by atoms with Crippen molar-refractivity contribution in [3.05, 3.63) is 0 Å². The molecular formula is C9H16N2O7S. The predicted molar refractivity (Wildman–Crippen MR) is 64.5 cm³/mol. The third-order valence-corrected chi connectivity index (χ3v) is 3.02. The molecule has 0 aliphatic carbocycles. The van der Waals surface area contributed by atoms with E-state index in [9.17, 15) is 22.8 Å². The molecule has 0 aromatic rings. The highest BCUT2D eigenvalue weighted by Gasteiger charge is 2.23. The van der Waals surface area contributed by atoms with E-state index in [1.165, 1.54) is 6.92 Å². The Bertz CT molecular complexity index is 459. The largest absolute Gasteiger partial charge is 0.481 e. The van der Waals surface area contributed by atoms with Gasteiger partial charge in [0.25, 0.3) is 0 Å². The number of aliphatic carboxylic acids is 2. The number of urea groups is 1. The number of carbonyl (C=O) groups is 3. The number of amides is 2. The standard InChI is InChI=1S/C9H16N2O7S/c1-5(4-19(2,17)18)10-9(16)11-6(8(14)15)3-7(12)13/h5-6H,3-4H2,1-2H3,(H,12,13)(H,14,15)(H2,10,11,16)/t5?,6-/m1/s1. The van der Waals surface area contributed by atoms with Crippen molar-refractivity contribution in [1.29, 1.82) is 0 Å². The first-order valence-electron chi connectivity index (χ1n) is 5.20. The predicted octanol–water partition coefficient (Wildman–Crippen LogP) is -1.35. The molecule has 0 aliphatic heterocycles. The van der Waals surface area contributed by atoms with Gasteiger partial charge in [0.2, 0.25) is 0 Å². The van der Waals surface area contributed by atoms with Gasteiger partial charge in [-0.3, -0.25) is 4.79 Å². The van der Waals surface area contributed by atoms with Crippen LogP contribution >= 0.6 is 0 Å². The Morgan fingerprint density at radius 1 is 1.16 bits per heavy atom. The highest BCUT2D eigenvalue weighted by atomic mass is 32.2. The van der Waals surface area contributed by atoms with Gasteiger partial charge in [-0.15, -0.1) is 0 Å². The quantitative estimate of drug-likeness (QED) is 0.453. The Kier molecular flexibility index (Phi) is 6.25. The molecule has 0 heterocycles. The molecule has 9 nitrogen and oxygen atoms in total. The van der Waals surface area contributed by atoms with Crippen LogP contribution in [-0.2, 0) is 19.4 Å². The molecule has 2 atom stereocenters. The topological polar surface area (TPSA) is 150 Å². The summed E-state index contributed by atoms with van der Waals surface area (Å²) in [4.78, 5) is 32.4. The lowest BCUT2D eigenvalue weighted by molar-refractivity contribution is -0.145. The van der Waals surface area contributed by atoms with E-state index in [4.69, 9.17) is 10.2 Å². The van der Waals surface area contributed by atoms with Crippen molar-refractivity contribution in [3.63, 3.8) is 0 Å². The molecule has 10 heteroatoms. The van der Waals surface area contributed by atoms with E-state index >= 15 is 0 Å². The maximum atomic E-state index is 11.4. The molecule has 0 saturated carbocycles. The van der Waals surface area contributed by atoms with E-state index in [1.807, 2.05) is 5.32 Å². The van der Waals surface area contributed by atoms with E-state index in [0.717, 1.165) is 6.26 Å². The van der Waals surface area contributed by atoms with Gasteiger partial charge in [-0.25, -0.2) is 18.0 Å². The summed E-state index contributed by atoms with van der Waals surface area (Å²) in [5, 5.41) is 21.3. The fourth-order valence-corrected chi connectivity index (χ4v) is 2.29. The summed E-state index contributed by atoms with van der Waals surface area (Å²) in [7, 11) is -3.29. The highest BCUT2D eigenvalue weighted by Crippen LogP contribution is 1.94. The second-order valence-electron chi connectivity index (χ2n) is 4.10. The second-order valence-corrected chi connectivity index (χ2v) is 6.28. The minimum atomic E-state index is -3.29. The zero-order valence-corrected chi connectivity index (χ0v) is 11.2. The van der Waals surface area contributed by atoms with Gasteiger partial charge in [-0.1, -0.05) is 0 Å². The maximum absolute atomic E-state index is 11.4. The molecule has 2 amide bonds. The van der Waals surface area contributed by atoms with Gasteiger partial charge in [0, 0.05) is 12.3 Å². The molecule has 4 N–H and O–H groups in total. The van der Waals surface area contributed by atoms with E-state index in [1.54, 1.807) is 0 Å². The smallest absolute Gasteiger partial charge is 0.326 e. The molecule has 0 fully saturated rings. The van der Waals surface area contributed by atoms with Crippen LogP contribution in [-0.4, -0.2) is 60.7 Å². The van der Waals surface area contributed by atoms with E-state index in [2.05, 4.69) is 5.32 Å². The molecule has 0 radical (unpaired) electrons. The van der Waals surface area contributed by atoms with Gasteiger partial charge < -0.3 is 20.8 Å². The van der Waals surface area contributed by atoms with Crippen molar-refractivity contribution >= 4 is 27.8 Å². The third-order valence-electron chi connectivity index (χ3n) is 1.91. The van der Waals surface area contributed by atoms with Crippen molar-refractivity contribution in [3.8, 4) is 0 Å². The molecule has 0 rings (SSSR count). The Hall–Kier alpha value is -1.84. The van der Waals surface area contributed by atoms with E-state index < -0.39 is 46.3 Å². The van der Waals surface area contributed by atoms with Gasteiger partial charge in [0.1, 0.15) is 15.9 Å². The SMILES string of the molecule is CC(CS(C)(=O)=O)NC(=O)N[C@H](CC(=O)O)C(=O)O. The monoisotopic (exact) mass is 296 g/mol. The molecule has 1 unspecified atom stereocenters. The lowest BCUT2D eigenvalue weighted by Crippen LogP contribution is -2.50. The summed E-state index contributed by atoms with van der Waals surface area (Å²) in [6.07, 6.45) is 0.219. The Labute approximate surface area is 109 Å². The fourth-order valence-electron chi connectivity index (χ4n) is 1.29. The normalized spacial score (nSPS) is 14.2. The van der Waals surface area contributed by atoms with Crippen molar-refractivity contribution in [2.45, 2.75) is 25.4 Å². The average Bonchev–Trinajstić information content (AvgIpc) is 2.11. The van der Waals surface area contributed by atoms with E-state index in [0.29, 0.717) is 0 Å². The number of sulfone groups is 1. The number of carbonyl (C=O) groups excluding carboxylic acids is 1. The Morgan fingerprint density at radius 3 is 2.05 bits per heavy atom. The van der Waals surface area contributed by atoms with Gasteiger partial charge >= 0.3 is 18.0 Å². The molecule has 0 aliphatic rings. The molecular weight excluding hydrogens is 280 g/mol. The molecule has 0 aromatic carbocycles. The molecule has 110 valence electrons. The number of carboxylic acids is 2. The Morgan fingerprint density at radius 2 is 1.68 bits per heavy atom. The minimum absolute atomic E-state index is 0.308. The van der Waals surface area contributed by atoms with Crippen molar-refractivity contribution in [2.24, 2.45) is 0 Å². The van der Waals surface area contributed by atoms with Gasteiger partial charge in [-0.2, -0.15) is 0 Å². The van der Waals surface area contributed by atoms with Crippen LogP contribution in [0.15, 0.2) is 0 Å². The number of carboxylic acid groups (broad SMARTS) is 2. The molecule has 0 bridgehead atoms. The van der Waals surface area contributed by atoms with Crippen LogP contribution in [0.5, 0.6) is 0 Å². The van der Waals surface area contributed by atoms with Crippen molar-refractivity contribution in [1.82, 2.24) is 10.6 Å². The van der Waals surface area contributed by atoms with Gasteiger partial charge in [0.15, 0.2) is 0 Å². The van der Waals surface area contributed by atoms with Crippen LogP contribution in [0.3, 0.4) is 0 Å². The van der Waals surface area contributed by atoms with Crippen molar-refractivity contribution in [2.75, 3.05) is 12.0 Å². The van der Waals surface area contributed by atoms with Gasteiger partial charge in [-0.05, 0) is 6.92 Å². The van der Waals surface area contributed by atoms with Gasteiger partial charge in [0.05, 0.1) is 12.2 Å². The van der Waals surface area contributed by atoms with Crippen LogP contribution < -0.4 is 10.6 Å². The number of nitrogens with one attached hydrogen (secondary N) is 2. The third kappa shape index (κ3) is 8.83. The molecule has 0 saturated heterocycles. The van der Waals surface area contributed by atoms with Crippen LogP contribution in [0.25, 0.3) is 0 Å².